The summed E-state index contributed by atoms with van der Waals surface area (Å²) in [6, 6.07) is 10.5. The van der Waals surface area contributed by atoms with Gasteiger partial charge in [-0.25, -0.2) is 0 Å². The molecule has 0 saturated carbocycles. The molecule has 1 atom stereocenters. The van der Waals surface area contributed by atoms with Gasteiger partial charge in [-0.3, -0.25) is 14.6 Å². The number of amides is 2. The smallest absolute Gasteiger partial charge is 0.227 e. The lowest BCUT2D eigenvalue weighted by Gasteiger charge is -2.33. The number of likely N-dealkylation sites (tertiary alicyclic amines) is 2. The first-order valence-corrected chi connectivity index (χ1v) is 8.99. The second-order valence-corrected chi connectivity index (χ2v) is 7.23. The van der Waals surface area contributed by atoms with Gasteiger partial charge in [0.15, 0.2) is 0 Å². The summed E-state index contributed by atoms with van der Waals surface area (Å²) in [5.41, 5.74) is 1.13. The molecule has 2 aromatic rings. The summed E-state index contributed by atoms with van der Waals surface area (Å²) >= 11 is 0. The van der Waals surface area contributed by atoms with Crippen molar-refractivity contribution in [1.29, 1.82) is 0 Å². The maximum Gasteiger partial charge on any atom is 0.227 e. The number of pyridine rings is 1. The first-order valence-electron chi connectivity index (χ1n) is 8.99. The van der Waals surface area contributed by atoms with Crippen LogP contribution in [0.4, 0.5) is 0 Å². The molecule has 0 spiro atoms. The maximum atomic E-state index is 12.6. The molecular formula is C20H23N3O2. The Hall–Kier alpha value is -2.43. The van der Waals surface area contributed by atoms with Crippen LogP contribution in [0.5, 0.6) is 0 Å². The first-order chi connectivity index (χ1) is 12.1. The van der Waals surface area contributed by atoms with Crippen molar-refractivity contribution in [2.45, 2.75) is 25.2 Å². The molecule has 5 heteroatoms. The van der Waals surface area contributed by atoms with Crippen molar-refractivity contribution in [1.82, 2.24) is 14.8 Å². The number of nitrogens with zero attached hydrogens (tertiary/aromatic N) is 3. The normalized spacial score (nSPS) is 22.0. The molecule has 2 aliphatic heterocycles. The van der Waals surface area contributed by atoms with Gasteiger partial charge < -0.3 is 9.80 Å². The number of piperidine rings is 1. The summed E-state index contributed by atoms with van der Waals surface area (Å²) in [5, 5.41) is 2.38. The Morgan fingerprint density at radius 3 is 2.56 bits per heavy atom. The molecular weight excluding hydrogens is 314 g/mol. The van der Waals surface area contributed by atoms with E-state index in [4.69, 9.17) is 0 Å². The Bertz CT molecular complexity index is 811. The average molecular weight is 337 g/mol. The van der Waals surface area contributed by atoms with E-state index in [9.17, 15) is 9.59 Å². The zero-order valence-electron chi connectivity index (χ0n) is 14.5. The fourth-order valence-corrected chi connectivity index (χ4v) is 4.01. The van der Waals surface area contributed by atoms with Crippen LogP contribution in [0, 0.1) is 5.92 Å². The molecule has 2 aliphatic rings. The van der Waals surface area contributed by atoms with Crippen LogP contribution in [0.15, 0.2) is 36.5 Å². The van der Waals surface area contributed by atoms with Crippen LogP contribution in [-0.4, -0.2) is 53.3 Å². The molecule has 1 aromatic heterocycles. The Kier molecular flexibility index (Phi) is 4.15. The lowest BCUT2D eigenvalue weighted by Crippen LogP contribution is -2.42. The fourth-order valence-electron chi connectivity index (χ4n) is 4.01. The van der Waals surface area contributed by atoms with Crippen molar-refractivity contribution < 1.29 is 9.59 Å². The van der Waals surface area contributed by atoms with Crippen LogP contribution in [0.25, 0.3) is 10.8 Å². The number of fused-ring (bicyclic) bond motifs is 1. The molecule has 2 fully saturated rings. The lowest BCUT2D eigenvalue weighted by atomic mass is 9.91. The van der Waals surface area contributed by atoms with E-state index in [0.29, 0.717) is 18.9 Å². The standard InChI is InChI=1S/C20H23N3O2/c1-22-13-17(11-19(22)24)20(25)23-8-6-14(7-9-23)18-10-15-4-2-3-5-16(15)12-21-18/h2-5,10,12,14,17H,6-9,11,13H2,1H3. The highest BCUT2D eigenvalue weighted by molar-refractivity contribution is 5.89. The molecule has 130 valence electrons. The summed E-state index contributed by atoms with van der Waals surface area (Å²) in [4.78, 5) is 32.5. The van der Waals surface area contributed by atoms with Crippen LogP contribution < -0.4 is 0 Å². The second-order valence-electron chi connectivity index (χ2n) is 7.23. The quantitative estimate of drug-likeness (QED) is 0.846. The maximum absolute atomic E-state index is 12.6. The van der Waals surface area contributed by atoms with Crippen molar-refractivity contribution in [3.63, 3.8) is 0 Å². The minimum atomic E-state index is -0.159. The molecule has 0 bridgehead atoms. The Balaban J connectivity index is 1.40. The summed E-state index contributed by atoms with van der Waals surface area (Å²) in [6.45, 7) is 2.07. The van der Waals surface area contributed by atoms with Gasteiger partial charge in [-0.2, -0.15) is 0 Å². The Labute approximate surface area is 147 Å². The van der Waals surface area contributed by atoms with Crippen molar-refractivity contribution in [2.24, 2.45) is 5.92 Å². The molecule has 4 rings (SSSR count). The van der Waals surface area contributed by atoms with Crippen molar-refractivity contribution in [2.75, 3.05) is 26.7 Å². The third-order valence-electron chi connectivity index (χ3n) is 5.57. The summed E-state index contributed by atoms with van der Waals surface area (Å²) in [5.74, 6) is 0.464. The zero-order chi connectivity index (χ0) is 17.4. The molecule has 1 aromatic carbocycles. The third kappa shape index (κ3) is 3.11. The van der Waals surface area contributed by atoms with Gasteiger partial charge >= 0.3 is 0 Å². The molecule has 2 amide bonds. The van der Waals surface area contributed by atoms with Gasteiger partial charge in [0.1, 0.15) is 0 Å². The molecule has 3 heterocycles. The number of benzene rings is 1. The second kappa shape index (κ2) is 6.47. The molecule has 25 heavy (non-hydrogen) atoms. The van der Waals surface area contributed by atoms with Gasteiger partial charge in [-0.05, 0) is 24.3 Å². The molecule has 2 saturated heterocycles. The zero-order valence-corrected chi connectivity index (χ0v) is 14.5. The Morgan fingerprint density at radius 2 is 1.88 bits per heavy atom. The number of carbonyl (C=O) groups is 2. The molecule has 0 radical (unpaired) electrons. The van der Waals surface area contributed by atoms with E-state index in [1.807, 2.05) is 23.2 Å². The van der Waals surface area contributed by atoms with Gasteiger partial charge in [0.05, 0.1) is 5.92 Å². The summed E-state index contributed by atoms with van der Waals surface area (Å²) in [7, 11) is 1.77. The summed E-state index contributed by atoms with van der Waals surface area (Å²) < 4.78 is 0. The topological polar surface area (TPSA) is 53.5 Å². The van der Waals surface area contributed by atoms with Gasteiger partial charge in [-0.15, -0.1) is 0 Å². The van der Waals surface area contributed by atoms with Crippen LogP contribution >= 0.6 is 0 Å². The van der Waals surface area contributed by atoms with Crippen molar-refractivity contribution in [3.8, 4) is 0 Å². The number of hydrogen-bond donors (Lipinski definition) is 0. The molecule has 1 unspecified atom stereocenters. The van der Waals surface area contributed by atoms with Gasteiger partial charge in [0.25, 0.3) is 0 Å². The monoisotopic (exact) mass is 337 g/mol. The number of rotatable bonds is 2. The highest BCUT2D eigenvalue weighted by Crippen LogP contribution is 2.30. The van der Waals surface area contributed by atoms with E-state index in [1.54, 1.807) is 11.9 Å². The number of aromatic nitrogens is 1. The van der Waals surface area contributed by atoms with Crippen LogP contribution in [0.3, 0.4) is 0 Å². The minimum absolute atomic E-state index is 0.0774. The van der Waals surface area contributed by atoms with Gasteiger partial charge in [0, 0.05) is 56.3 Å². The molecule has 0 aliphatic carbocycles. The predicted molar refractivity (Wildman–Crippen MR) is 96.0 cm³/mol. The average Bonchev–Trinajstić information content (AvgIpc) is 2.99. The summed E-state index contributed by atoms with van der Waals surface area (Å²) in [6.07, 6.45) is 4.19. The highest BCUT2D eigenvalue weighted by Gasteiger charge is 2.36. The van der Waals surface area contributed by atoms with E-state index in [-0.39, 0.29) is 17.7 Å². The Morgan fingerprint density at radius 1 is 1.16 bits per heavy atom. The van der Waals surface area contributed by atoms with Gasteiger partial charge in [0.2, 0.25) is 11.8 Å². The fraction of sp³-hybridized carbons (Fsp3) is 0.450. The van der Waals surface area contributed by atoms with Crippen LogP contribution in [0.1, 0.15) is 30.9 Å². The largest absolute Gasteiger partial charge is 0.345 e. The van der Waals surface area contributed by atoms with Crippen molar-refractivity contribution in [3.05, 3.63) is 42.2 Å². The first kappa shape index (κ1) is 16.1. The number of carbonyl (C=O) groups excluding carboxylic acids is 2. The van der Waals surface area contributed by atoms with E-state index < -0.39 is 0 Å². The van der Waals surface area contributed by atoms with E-state index in [0.717, 1.165) is 37.0 Å². The molecule has 5 nitrogen and oxygen atoms in total. The number of hydrogen-bond acceptors (Lipinski definition) is 3. The van der Waals surface area contributed by atoms with Crippen LogP contribution in [0.2, 0.25) is 0 Å². The third-order valence-corrected chi connectivity index (χ3v) is 5.57. The minimum Gasteiger partial charge on any atom is -0.345 e. The van der Waals surface area contributed by atoms with Crippen molar-refractivity contribution >= 4 is 22.6 Å². The van der Waals surface area contributed by atoms with Gasteiger partial charge in [-0.1, -0.05) is 24.3 Å². The van der Waals surface area contributed by atoms with E-state index >= 15 is 0 Å². The SMILES string of the molecule is CN1CC(C(=O)N2CCC(c3cc4ccccc4cn3)CC2)CC1=O. The molecule has 0 N–H and O–H groups in total. The van der Waals surface area contributed by atoms with E-state index in [1.165, 1.54) is 5.39 Å². The highest BCUT2D eigenvalue weighted by atomic mass is 16.2. The lowest BCUT2D eigenvalue weighted by molar-refractivity contribution is -0.136. The van der Waals surface area contributed by atoms with E-state index in [2.05, 4.69) is 23.2 Å². The van der Waals surface area contributed by atoms with Crippen LogP contribution in [-0.2, 0) is 9.59 Å². The predicted octanol–water partition coefficient (Wildman–Crippen LogP) is 2.42.